The molecule has 0 heterocycles. The van der Waals surface area contributed by atoms with Crippen molar-refractivity contribution in [2.75, 3.05) is 18.6 Å². The van der Waals surface area contributed by atoms with Gasteiger partial charge in [-0.2, -0.15) is 0 Å². The molecule has 0 rings (SSSR count). The van der Waals surface area contributed by atoms with Crippen molar-refractivity contribution >= 4 is 28.1 Å². The van der Waals surface area contributed by atoms with Crippen molar-refractivity contribution in [1.29, 1.82) is 0 Å². The van der Waals surface area contributed by atoms with Gasteiger partial charge in [-0.05, 0) is 25.1 Å². The standard InChI is InChI=1S/C12H26N2OS2/c1-17(15)11-9-7-5-3-2-4-6-8-10-14-12(13)16/h2-11H2,1H3,(H3,13,14,16). The molecule has 0 saturated heterocycles. The van der Waals surface area contributed by atoms with E-state index in [0.717, 1.165) is 25.1 Å². The Morgan fingerprint density at radius 1 is 1.06 bits per heavy atom. The zero-order chi connectivity index (χ0) is 12.9. The van der Waals surface area contributed by atoms with Crippen molar-refractivity contribution in [3.63, 3.8) is 0 Å². The molecule has 0 aliphatic carbocycles. The molecule has 0 aromatic rings. The molecule has 0 saturated carbocycles. The average molecular weight is 278 g/mol. The fourth-order valence-corrected chi connectivity index (χ4v) is 2.42. The van der Waals surface area contributed by atoms with E-state index in [9.17, 15) is 4.21 Å². The number of nitrogens with one attached hydrogen (secondary N) is 1. The predicted molar refractivity (Wildman–Crippen MR) is 80.7 cm³/mol. The van der Waals surface area contributed by atoms with Gasteiger partial charge >= 0.3 is 0 Å². The number of thiocarbonyl (C=S) groups is 1. The first-order valence-electron chi connectivity index (χ1n) is 6.46. The van der Waals surface area contributed by atoms with Gasteiger partial charge in [0, 0.05) is 29.4 Å². The Bertz CT molecular complexity index is 201. The van der Waals surface area contributed by atoms with E-state index in [0.29, 0.717) is 5.11 Å². The summed E-state index contributed by atoms with van der Waals surface area (Å²) in [7, 11) is -0.610. The van der Waals surface area contributed by atoms with Gasteiger partial charge in [-0.1, -0.05) is 38.5 Å². The van der Waals surface area contributed by atoms with Crippen molar-refractivity contribution in [3.05, 3.63) is 0 Å². The van der Waals surface area contributed by atoms with Gasteiger partial charge in [0.1, 0.15) is 0 Å². The van der Waals surface area contributed by atoms with Crippen LogP contribution in [0.2, 0.25) is 0 Å². The van der Waals surface area contributed by atoms with Gasteiger partial charge in [0.15, 0.2) is 5.11 Å². The minimum Gasteiger partial charge on any atom is -0.376 e. The number of hydrogen-bond acceptors (Lipinski definition) is 2. The first-order chi connectivity index (χ1) is 8.13. The molecule has 0 aliphatic rings. The lowest BCUT2D eigenvalue weighted by molar-refractivity contribution is 0.573. The number of hydrogen-bond donors (Lipinski definition) is 2. The highest BCUT2D eigenvalue weighted by Gasteiger charge is 1.94. The van der Waals surface area contributed by atoms with E-state index < -0.39 is 10.8 Å². The van der Waals surface area contributed by atoms with E-state index in [1.54, 1.807) is 6.26 Å². The summed E-state index contributed by atoms with van der Waals surface area (Å²) in [5, 5.41) is 3.36. The molecule has 0 amide bonds. The van der Waals surface area contributed by atoms with Crippen LogP contribution >= 0.6 is 12.2 Å². The van der Waals surface area contributed by atoms with Crippen molar-refractivity contribution < 1.29 is 4.21 Å². The maximum absolute atomic E-state index is 10.8. The van der Waals surface area contributed by atoms with Crippen molar-refractivity contribution in [2.45, 2.75) is 51.4 Å². The lowest BCUT2D eigenvalue weighted by Gasteiger charge is -2.03. The summed E-state index contributed by atoms with van der Waals surface area (Å²) in [6, 6.07) is 0. The molecule has 0 bridgehead atoms. The lowest BCUT2D eigenvalue weighted by atomic mass is 10.1. The lowest BCUT2D eigenvalue weighted by Crippen LogP contribution is -2.29. The van der Waals surface area contributed by atoms with E-state index in [1.165, 1.54) is 38.5 Å². The van der Waals surface area contributed by atoms with Crippen LogP contribution in [0.25, 0.3) is 0 Å². The Hall–Kier alpha value is -0.160. The maximum Gasteiger partial charge on any atom is 0.163 e. The van der Waals surface area contributed by atoms with Gasteiger partial charge in [0.2, 0.25) is 0 Å². The number of rotatable bonds is 11. The Morgan fingerprint density at radius 2 is 1.53 bits per heavy atom. The Kier molecular flexibility index (Phi) is 12.2. The summed E-state index contributed by atoms with van der Waals surface area (Å²) in [6.07, 6.45) is 11.7. The molecule has 1 unspecified atom stereocenters. The van der Waals surface area contributed by atoms with Crippen LogP contribution < -0.4 is 11.1 Å². The summed E-state index contributed by atoms with van der Waals surface area (Å²) in [6.45, 7) is 0.900. The fourth-order valence-electron chi connectivity index (χ4n) is 1.70. The van der Waals surface area contributed by atoms with Crippen molar-refractivity contribution in [1.82, 2.24) is 5.32 Å². The molecule has 0 spiro atoms. The van der Waals surface area contributed by atoms with Crippen LogP contribution in [0.3, 0.4) is 0 Å². The zero-order valence-corrected chi connectivity index (χ0v) is 12.5. The molecule has 0 aliphatic heterocycles. The summed E-state index contributed by atoms with van der Waals surface area (Å²) in [5.74, 6) is 0.866. The SMILES string of the molecule is CS(=O)CCCCCCCCCCNC(N)=S. The maximum atomic E-state index is 10.8. The molecule has 0 aromatic heterocycles. The predicted octanol–water partition coefficient (Wildman–Crippen LogP) is 2.32. The Labute approximate surface area is 113 Å². The molecular formula is C12H26N2OS2. The van der Waals surface area contributed by atoms with Crippen LogP contribution in [-0.2, 0) is 10.8 Å². The van der Waals surface area contributed by atoms with Gasteiger partial charge in [-0.15, -0.1) is 0 Å². The van der Waals surface area contributed by atoms with Crippen molar-refractivity contribution in [2.24, 2.45) is 5.73 Å². The van der Waals surface area contributed by atoms with Gasteiger partial charge in [0.25, 0.3) is 0 Å². The molecule has 3 N–H and O–H groups in total. The summed E-state index contributed by atoms with van der Waals surface area (Å²) in [5.41, 5.74) is 5.32. The number of nitrogens with two attached hydrogens (primary N) is 1. The van der Waals surface area contributed by atoms with Gasteiger partial charge < -0.3 is 11.1 Å². The Morgan fingerprint density at radius 3 is 2.00 bits per heavy atom. The summed E-state index contributed by atoms with van der Waals surface area (Å²) < 4.78 is 10.8. The van der Waals surface area contributed by atoms with Crippen molar-refractivity contribution in [3.8, 4) is 0 Å². The molecule has 0 aromatic carbocycles. The first kappa shape index (κ1) is 16.8. The fraction of sp³-hybridized carbons (Fsp3) is 0.917. The largest absolute Gasteiger partial charge is 0.376 e. The van der Waals surface area contributed by atoms with E-state index >= 15 is 0 Å². The molecular weight excluding hydrogens is 252 g/mol. The van der Waals surface area contributed by atoms with E-state index in [-0.39, 0.29) is 0 Å². The van der Waals surface area contributed by atoms with Crippen LogP contribution in [0.4, 0.5) is 0 Å². The first-order valence-corrected chi connectivity index (χ1v) is 8.60. The molecule has 102 valence electrons. The molecule has 0 fully saturated rings. The highest BCUT2D eigenvalue weighted by molar-refractivity contribution is 7.84. The van der Waals surface area contributed by atoms with Gasteiger partial charge in [-0.25, -0.2) is 0 Å². The van der Waals surface area contributed by atoms with Crippen LogP contribution in [0.5, 0.6) is 0 Å². The molecule has 5 heteroatoms. The van der Waals surface area contributed by atoms with Crippen LogP contribution in [0.1, 0.15) is 51.4 Å². The van der Waals surface area contributed by atoms with Crippen LogP contribution in [0, 0.1) is 0 Å². The quantitative estimate of drug-likeness (QED) is 0.450. The van der Waals surface area contributed by atoms with E-state index in [4.69, 9.17) is 18.0 Å². The third-order valence-electron chi connectivity index (χ3n) is 2.66. The topological polar surface area (TPSA) is 55.1 Å². The minimum atomic E-state index is -0.610. The number of unbranched alkanes of at least 4 members (excludes halogenated alkanes) is 7. The highest BCUT2D eigenvalue weighted by atomic mass is 32.2. The van der Waals surface area contributed by atoms with E-state index in [1.807, 2.05) is 0 Å². The normalized spacial score (nSPS) is 12.3. The average Bonchev–Trinajstić information content (AvgIpc) is 2.25. The van der Waals surface area contributed by atoms with E-state index in [2.05, 4.69) is 5.32 Å². The van der Waals surface area contributed by atoms with Crippen LogP contribution in [0.15, 0.2) is 0 Å². The molecule has 17 heavy (non-hydrogen) atoms. The van der Waals surface area contributed by atoms with Crippen LogP contribution in [-0.4, -0.2) is 27.9 Å². The molecule has 1 atom stereocenters. The summed E-state index contributed by atoms with van der Waals surface area (Å²) in [4.78, 5) is 0. The minimum absolute atomic E-state index is 0.401. The second-order valence-corrected chi connectivity index (χ2v) is 6.39. The smallest absolute Gasteiger partial charge is 0.163 e. The Balaban J connectivity index is 2.98. The highest BCUT2D eigenvalue weighted by Crippen LogP contribution is 2.08. The second kappa shape index (κ2) is 12.3. The molecule has 0 radical (unpaired) electrons. The van der Waals surface area contributed by atoms with Gasteiger partial charge in [0.05, 0.1) is 0 Å². The summed E-state index contributed by atoms with van der Waals surface area (Å²) >= 11 is 4.72. The molecule has 3 nitrogen and oxygen atoms in total. The zero-order valence-electron chi connectivity index (χ0n) is 10.9. The third kappa shape index (κ3) is 15.8. The second-order valence-electron chi connectivity index (χ2n) is 4.40. The van der Waals surface area contributed by atoms with Gasteiger partial charge in [-0.3, -0.25) is 4.21 Å². The third-order valence-corrected chi connectivity index (χ3v) is 3.67. The monoisotopic (exact) mass is 278 g/mol.